The highest BCUT2D eigenvalue weighted by atomic mass is 32.2. The summed E-state index contributed by atoms with van der Waals surface area (Å²) in [5.41, 5.74) is 1.82. The number of anilines is 1. The molecule has 4 rings (SSSR count). The van der Waals surface area contributed by atoms with Crippen molar-refractivity contribution in [3.8, 4) is 5.75 Å². The van der Waals surface area contributed by atoms with Gasteiger partial charge in [0.1, 0.15) is 5.75 Å². The van der Waals surface area contributed by atoms with Crippen LogP contribution < -0.4 is 9.64 Å². The summed E-state index contributed by atoms with van der Waals surface area (Å²) in [4.78, 5) is 32.9. The summed E-state index contributed by atoms with van der Waals surface area (Å²) >= 11 is 0. The lowest BCUT2D eigenvalue weighted by Gasteiger charge is -2.29. The minimum absolute atomic E-state index is 0.0472. The van der Waals surface area contributed by atoms with Crippen molar-refractivity contribution in [3.63, 3.8) is 0 Å². The number of carbonyl (C=O) groups is 2. The van der Waals surface area contributed by atoms with Crippen LogP contribution in [0.15, 0.2) is 47.4 Å². The number of benzene rings is 2. The van der Waals surface area contributed by atoms with E-state index in [4.69, 9.17) is 9.47 Å². The van der Waals surface area contributed by atoms with Gasteiger partial charge in [-0.25, -0.2) is 8.42 Å². The Morgan fingerprint density at radius 1 is 0.976 bits per heavy atom. The molecule has 41 heavy (non-hydrogen) atoms. The van der Waals surface area contributed by atoms with Gasteiger partial charge in [-0.15, -0.1) is 0 Å². The van der Waals surface area contributed by atoms with Crippen molar-refractivity contribution in [3.05, 3.63) is 53.6 Å². The molecule has 0 saturated carbocycles. The summed E-state index contributed by atoms with van der Waals surface area (Å²) < 4.78 is 39.1. The Balaban J connectivity index is 1.74. The van der Waals surface area contributed by atoms with E-state index in [1.165, 1.54) is 23.5 Å². The van der Waals surface area contributed by atoms with Gasteiger partial charge >= 0.3 is 0 Å². The minimum atomic E-state index is -3.82. The fourth-order valence-corrected chi connectivity index (χ4v) is 6.89. The van der Waals surface area contributed by atoms with Crippen molar-refractivity contribution in [1.29, 1.82) is 0 Å². The SMILES string of the molecule is COc1ccc(S(=O)(=O)N2CCOCC2)cc1C(=O)N1CCN(CC(C)C)CCCN(C(C)=O)c2ccccc2C1. The molecule has 0 radical (unpaired) electrons. The van der Waals surface area contributed by atoms with Gasteiger partial charge in [0.05, 0.1) is 30.8 Å². The number of para-hydroxylation sites is 1. The van der Waals surface area contributed by atoms with Crippen LogP contribution in [-0.2, 0) is 26.1 Å². The van der Waals surface area contributed by atoms with Crippen LogP contribution >= 0.6 is 0 Å². The molecule has 2 aliphatic heterocycles. The maximum Gasteiger partial charge on any atom is 0.258 e. The van der Waals surface area contributed by atoms with Gasteiger partial charge in [0.2, 0.25) is 15.9 Å². The Hall–Kier alpha value is -2.99. The fourth-order valence-electron chi connectivity index (χ4n) is 5.46. The summed E-state index contributed by atoms with van der Waals surface area (Å²) in [5.74, 6) is 0.372. The van der Waals surface area contributed by atoms with Gasteiger partial charge in [0.15, 0.2) is 0 Å². The molecule has 11 heteroatoms. The van der Waals surface area contributed by atoms with Crippen LogP contribution in [0.2, 0.25) is 0 Å². The summed E-state index contributed by atoms with van der Waals surface area (Å²) in [5, 5.41) is 0. The Bertz CT molecular complexity index is 1330. The van der Waals surface area contributed by atoms with Gasteiger partial charge in [0, 0.05) is 58.4 Å². The van der Waals surface area contributed by atoms with Crippen molar-refractivity contribution >= 4 is 27.5 Å². The second-order valence-corrected chi connectivity index (χ2v) is 12.9. The van der Waals surface area contributed by atoms with E-state index in [-0.39, 0.29) is 41.9 Å². The molecule has 224 valence electrons. The minimum Gasteiger partial charge on any atom is -0.496 e. The van der Waals surface area contributed by atoms with E-state index in [9.17, 15) is 18.0 Å². The van der Waals surface area contributed by atoms with Crippen LogP contribution in [0.3, 0.4) is 0 Å². The van der Waals surface area contributed by atoms with E-state index >= 15 is 0 Å². The molecule has 2 aromatic carbocycles. The van der Waals surface area contributed by atoms with Gasteiger partial charge in [-0.05, 0) is 48.7 Å². The molecule has 2 aliphatic rings. The normalized spacial score (nSPS) is 18.1. The van der Waals surface area contributed by atoms with E-state index < -0.39 is 10.0 Å². The topological polar surface area (TPSA) is 99.7 Å². The lowest BCUT2D eigenvalue weighted by Crippen LogP contribution is -2.41. The van der Waals surface area contributed by atoms with E-state index in [2.05, 4.69) is 18.7 Å². The van der Waals surface area contributed by atoms with E-state index in [1.807, 2.05) is 24.3 Å². The lowest BCUT2D eigenvalue weighted by atomic mass is 10.1. The number of hydrogen-bond donors (Lipinski definition) is 0. The predicted octanol–water partition coefficient (Wildman–Crippen LogP) is 3.07. The lowest BCUT2D eigenvalue weighted by molar-refractivity contribution is -0.116. The zero-order valence-electron chi connectivity index (χ0n) is 24.5. The second kappa shape index (κ2) is 13.8. The summed E-state index contributed by atoms with van der Waals surface area (Å²) in [6, 6.07) is 12.1. The van der Waals surface area contributed by atoms with Gasteiger partial charge in [-0.1, -0.05) is 32.0 Å². The summed E-state index contributed by atoms with van der Waals surface area (Å²) in [6.07, 6.45) is 0.809. The quantitative estimate of drug-likeness (QED) is 0.513. The van der Waals surface area contributed by atoms with Crippen LogP contribution in [0.5, 0.6) is 5.75 Å². The number of carbonyl (C=O) groups excluding carboxylic acids is 2. The van der Waals surface area contributed by atoms with Gasteiger partial charge < -0.3 is 24.2 Å². The van der Waals surface area contributed by atoms with Crippen molar-refractivity contribution in [2.24, 2.45) is 5.92 Å². The number of amides is 2. The maximum absolute atomic E-state index is 14.3. The third-order valence-electron chi connectivity index (χ3n) is 7.49. The Kier molecular flexibility index (Phi) is 10.4. The van der Waals surface area contributed by atoms with Crippen LogP contribution in [0, 0.1) is 5.92 Å². The zero-order valence-corrected chi connectivity index (χ0v) is 25.4. The number of ether oxygens (including phenoxy) is 2. The smallest absolute Gasteiger partial charge is 0.258 e. The molecule has 1 saturated heterocycles. The standard InChI is InChI=1S/C30H42N4O6S/c1-23(2)21-31-12-7-13-34(24(3)35)28-9-6-5-8-25(28)22-32(15-14-31)30(36)27-20-26(10-11-29(27)39-4)41(37,38)33-16-18-40-19-17-33/h5-6,8-11,20,23H,7,12-19,21-22H2,1-4H3. The van der Waals surface area contributed by atoms with Gasteiger partial charge in [-0.2, -0.15) is 4.31 Å². The Morgan fingerprint density at radius 2 is 1.71 bits per heavy atom. The summed E-state index contributed by atoms with van der Waals surface area (Å²) in [6.45, 7) is 10.7. The first-order valence-corrected chi connectivity index (χ1v) is 15.7. The maximum atomic E-state index is 14.3. The highest BCUT2D eigenvalue weighted by molar-refractivity contribution is 7.89. The van der Waals surface area contributed by atoms with Crippen molar-refractivity contribution in [2.75, 3.05) is 71.0 Å². The summed E-state index contributed by atoms with van der Waals surface area (Å²) in [7, 11) is -2.34. The molecular formula is C30H42N4O6S. The first-order valence-electron chi connectivity index (χ1n) is 14.3. The molecule has 0 N–H and O–H groups in total. The molecule has 0 unspecified atom stereocenters. The highest BCUT2D eigenvalue weighted by Gasteiger charge is 2.30. The first kappa shape index (κ1) is 31.0. The molecule has 0 aliphatic carbocycles. The number of hydrogen-bond acceptors (Lipinski definition) is 7. The molecule has 1 fully saturated rings. The van der Waals surface area contributed by atoms with Crippen molar-refractivity contribution in [1.82, 2.24) is 14.1 Å². The molecular weight excluding hydrogens is 544 g/mol. The fraction of sp³-hybridized carbons (Fsp3) is 0.533. The molecule has 0 bridgehead atoms. The molecule has 10 nitrogen and oxygen atoms in total. The number of fused-ring (bicyclic) bond motifs is 1. The zero-order chi connectivity index (χ0) is 29.6. The third kappa shape index (κ3) is 7.45. The molecule has 0 spiro atoms. The highest BCUT2D eigenvalue weighted by Crippen LogP contribution is 2.29. The number of morpholine rings is 1. The molecule has 2 heterocycles. The predicted molar refractivity (Wildman–Crippen MR) is 158 cm³/mol. The van der Waals surface area contributed by atoms with E-state index in [0.29, 0.717) is 44.5 Å². The van der Waals surface area contributed by atoms with Gasteiger partial charge in [-0.3, -0.25) is 9.59 Å². The van der Waals surface area contributed by atoms with Crippen molar-refractivity contribution in [2.45, 2.75) is 38.6 Å². The largest absolute Gasteiger partial charge is 0.496 e. The second-order valence-electron chi connectivity index (χ2n) is 11.0. The van der Waals surface area contributed by atoms with Crippen LogP contribution in [-0.4, -0.2) is 100 Å². The Morgan fingerprint density at radius 3 is 2.39 bits per heavy atom. The van der Waals surface area contributed by atoms with E-state index in [0.717, 1.165) is 30.8 Å². The average molecular weight is 587 g/mol. The van der Waals surface area contributed by atoms with Crippen LogP contribution in [0.1, 0.15) is 43.1 Å². The monoisotopic (exact) mass is 586 g/mol. The number of sulfonamides is 1. The van der Waals surface area contributed by atoms with Crippen LogP contribution in [0.4, 0.5) is 5.69 Å². The third-order valence-corrected chi connectivity index (χ3v) is 9.38. The van der Waals surface area contributed by atoms with Crippen molar-refractivity contribution < 1.29 is 27.5 Å². The Labute approximate surface area is 243 Å². The molecule has 0 atom stereocenters. The van der Waals surface area contributed by atoms with E-state index in [1.54, 1.807) is 22.8 Å². The molecule has 0 aromatic heterocycles. The molecule has 2 aromatic rings. The number of nitrogens with zero attached hydrogens (tertiary/aromatic N) is 4. The first-order chi connectivity index (χ1) is 19.6. The number of methoxy groups -OCH3 is 1. The van der Waals surface area contributed by atoms with Crippen LogP contribution in [0.25, 0.3) is 0 Å². The van der Waals surface area contributed by atoms with Gasteiger partial charge in [0.25, 0.3) is 5.91 Å². The number of rotatable bonds is 6. The molecule has 2 amide bonds. The average Bonchev–Trinajstić information content (AvgIpc) is 2.99.